The summed E-state index contributed by atoms with van der Waals surface area (Å²) >= 11 is 1.46. The van der Waals surface area contributed by atoms with Crippen molar-refractivity contribution in [2.45, 2.75) is 23.0 Å². The number of hydrogen-bond donors (Lipinski definition) is 3. The van der Waals surface area contributed by atoms with Gasteiger partial charge in [-0.1, -0.05) is 11.8 Å². The Hall–Kier alpha value is -3.09. The minimum Gasteiger partial charge on any atom is -0.497 e. The van der Waals surface area contributed by atoms with Gasteiger partial charge < -0.3 is 20.0 Å². The first-order valence-corrected chi connectivity index (χ1v) is 12.5. The topological polar surface area (TPSA) is 141 Å². The number of nitrogens with one attached hydrogen (secondary N) is 2. The molecule has 0 aliphatic rings. The van der Waals surface area contributed by atoms with Crippen LogP contribution in [0.2, 0.25) is 0 Å². The summed E-state index contributed by atoms with van der Waals surface area (Å²) in [4.78, 5) is 17.1. The molecular weight excluding hydrogens is 450 g/mol. The summed E-state index contributed by atoms with van der Waals surface area (Å²) in [5, 5.41) is 0.677. The van der Waals surface area contributed by atoms with Crippen molar-refractivity contribution in [1.29, 1.82) is 0 Å². The summed E-state index contributed by atoms with van der Waals surface area (Å²) in [5.74, 6) is 1.02. The number of aromatic nitrogens is 5. The number of rotatable bonds is 9. The second-order valence-corrected chi connectivity index (χ2v) is 9.90. The Balaban J connectivity index is 1.72. The van der Waals surface area contributed by atoms with E-state index in [1.54, 1.807) is 7.11 Å². The zero-order valence-corrected chi connectivity index (χ0v) is 19.2. The number of nitrogen functional groups attached to an aromatic ring is 1. The number of benzene rings is 1. The van der Waals surface area contributed by atoms with Gasteiger partial charge in [-0.3, -0.25) is 0 Å². The van der Waals surface area contributed by atoms with Gasteiger partial charge in [0.05, 0.1) is 13.4 Å². The first-order chi connectivity index (χ1) is 15.4. The third-order valence-corrected chi connectivity index (χ3v) is 6.53. The summed E-state index contributed by atoms with van der Waals surface area (Å²) in [7, 11) is -1.63. The largest absolute Gasteiger partial charge is 0.497 e. The third-order valence-electron chi connectivity index (χ3n) is 4.75. The zero-order valence-electron chi connectivity index (χ0n) is 17.6. The lowest BCUT2D eigenvalue weighted by atomic mass is 10.1. The fraction of sp³-hybridized carbons (Fsp3) is 0.250. The first kappa shape index (κ1) is 22.1. The van der Waals surface area contributed by atoms with Gasteiger partial charge in [0.15, 0.2) is 22.1 Å². The summed E-state index contributed by atoms with van der Waals surface area (Å²) in [6.07, 6.45) is 6.89. The van der Waals surface area contributed by atoms with E-state index in [0.717, 1.165) is 28.0 Å². The van der Waals surface area contributed by atoms with Crippen LogP contribution in [0.15, 0.2) is 53.0 Å². The van der Waals surface area contributed by atoms with E-state index in [-0.39, 0.29) is 0 Å². The second-order valence-electron chi connectivity index (χ2n) is 7.06. The molecular formula is C20H23N7O3S2. The van der Waals surface area contributed by atoms with E-state index in [4.69, 9.17) is 15.5 Å². The molecule has 168 valence electrons. The summed E-state index contributed by atoms with van der Waals surface area (Å²) in [5.41, 5.74) is 9.22. The lowest BCUT2D eigenvalue weighted by Gasteiger charge is -2.12. The van der Waals surface area contributed by atoms with Gasteiger partial charge in [-0.25, -0.2) is 28.1 Å². The Morgan fingerprint density at radius 1 is 1.28 bits per heavy atom. The first-order valence-electron chi connectivity index (χ1n) is 9.76. The van der Waals surface area contributed by atoms with E-state index < -0.39 is 10.0 Å². The van der Waals surface area contributed by atoms with Gasteiger partial charge in [0.25, 0.3) is 0 Å². The number of nitrogens with two attached hydrogens (primary N) is 1. The molecule has 3 aromatic heterocycles. The molecule has 0 fully saturated rings. The molecule has 0 saturated heterocycles. The molecule has 0 aliphatic carbocycles. The molecule has 4 aromatic rings. The van der Waals surface area contributed by atoms with E-state index in [2.05, 4.69) is 19.7 Å². The average Bonchev–Trinajstić information content (AvgIpc) is 3.40. The highest BCUT2D eigenvalue weighted by molar-refractivity contribution is 7.99. The number of aryl methyl sites for hydroxylation is 1. The van der Waals surface area contributed by atoms with Crippen molar-refractivity contribution >= 4 is 38.8 Å². The van der Waals surface area contributed by atoms with Crippen molar-refractivity contribution < 1.29 is 13.2 Å². The molecule has 0 unspecified atom stereocenters. The molecule has 0 radical (unpaired) electrons. The number of ether oxygens (including phenoxy) is 1. The number of aromatic amines is 1. The highest BCUT2D eigenvalue weighted by Crippen LogP contribution is 2.39. The number of methoxy groups -OCH3 is 1. The molecule has 4 rings (SSSR count). The van der Waals surface area contributed by atoms with Crippen molar-refractivity contribution in [2.24, 2.45) is 0 Å². The van der Waals surface area contributed by atoms with Gasteiger partial charge in [-0.2, -0.15) is 0 Å². The van der Waals surface area contributed by atoms with Gasteiger partial charge in [-0.15, -0.1) is 0 Å². The number of H-pyrrole nitrogens is 1. The van der Waals surface area contributed by atoms with Crippen LogP contribution < -0.4 is 15.2 Å². The van der Waals surface area contributed by atoms with Crippen LogP contribution >= 0.6 is 11.8 Å². The van der Waals surface area contributed by atoms with Crippen molar-refractivity contribution in [3.63, 3.8) is 0 Å². The molecule has 0 saturated carbocycles. The van der Waals surface area contributed by atoms with Crippen molar-refractivity contribution in [3.05, 3.63) is 43.0 Å². The van der Waals surface area contributed by atoms with Crippen molar-refractivity contribution in [2.75, 3.05) is 25.6 Å². The second kappa shape index (κ2) is 9.18. The number of nitrogens with zero attached hydrogens (tertiary/aromatic N) is 4. The Morgan fingerprint density at radius 2 is 2.12 bits per heavy atom. The Bertz CT molecular complexity index is 1330. The van der Waals surface area contributed by atoms with E-state index in [1.165, 1.54) is 18.1 Å². The minimum atomic E-state index is -3.25. The highest BCUT2D eigenvalue weighted by atomic mass is 32.2. The number of anilines is 1. The fourth-order valence-electron chi connectivity index (χ4n) is 3.25. The van der Waals surface area contributed by atoms with Crippen molar-refractivity contribution in [3.8, 4) is 16.9 Å². The Labute approximate surface area is 189 Å². The average molecular weight is 474 g/mol. The van der Waals surface area contributed by atoms with Crippen LogP contribution in [0.4, 0.5) is 5.82 Å². The smallest absolute Gasteiger partial charge is 0.208 e. The molecule has 4 N–H and O–H groups in total. The highest BCUT2D eigenvalue weighted by Gasteiger charge is 2.18. The van der Waals surface area contributed by atoms with Crippen LogP contribution in [-0.2, 0) is 16.6 Å². The van der Waals surface area contributed by atoms with Crippen LogP contribution in [0.25, 0.3) is 22.3 Å². The van der Waals surface area contributed by atoms with Gasteiger partial charge in [-0.05, 0) is 36.2 Å². The van der Waals surface area contributed by atoms with Crippen LogP contribution in [0.5, 0.6) is 5.75 Å². The molecule has 10 nitrogen and oxygen atoms in total. The Kier molecular flexibility index (Phi) is 6.35. The fourth-order valence-corrected chi connectivity index (χ4v) is 4.86. The van der Waals surface area contributed by atoms with Crippen molar-refractivity contribution in [1.82, 2.24) is 29.2 Å². The van der Waals surface area contributed by atoms with E-state index in [0.29, 0.717) is 41.6 Å². The summed E-state index contributed by atoms with van der Waals surface area (Å²) in [6.45, 7) is 0.804. The van der Waals surface area contributed by atoms with E-state index in [1.807, 2.05) is 41.2 Å². The number of sulfonamides is 1. The minimum absolute atomic E-state index is 0.293. The third kappa shape index (κ3) is 4.87. The zero-order chi connectivity index (χ0) is 22.7. The molecule has 12 heteroatoms. The molecule has 0 spiro atoms. The maximum Gasteiger partial charge on any atom is 0.208 e. The molecule has 32 heavy (non-hydrogen) atoms. The standard InChI is InChI=1S/C20H23N7O3S2/c1-30-14-4-5-15(13-6-8-22-11-13)16(10-14)31-20-26-17-18(21)23-12-24-19(17)27(20)9-3-7-25-32(2,28)29/h4-6,8,10-12,22,25H,3,7,9H2,1-2H3,(H2,21,23,24). The van der Waals surface area contributed by atoms with E-state index >= 15 is 0 Å². The van der Waals surface area contributed by atoms with Crippen LogP contribution in [0.3, 0.4) is 0 Å². The quantitative estimate of drug-likeness (QED) is 0.315. The lowest BCUT2D eigenvalue weighted by molar-refractivity contribution is 0.414. The Morgan fingerprint density at radius 3 is 2.84 bits per heavy atom. The van der Waals surface area contributed by atoms with Crippen LogP contribution in [-0.4, -0.2) is 52.8 Å². The molecule has 0 aliphatic heterocycles. The lowest BCUT2D eigenvalue weighted by Crippen LogP contribution is -2.24. The van der Waals surface area contributed by atoms with Gasteiger partial charge in [0.2, 0.25) is 10.0 Å². The summed E-state index contributed by atoms with van der Waals surface area (Å²) < 4.78 is 32.6. The molecule has 0 bridgehead atoms. The van der Waals surface area contributed by atoms with E-state index in [9.17, 15) is 8.42 Å². The number of hydrogen-bond acceptors (Lipinski definition) is 8. The maximum absolute atomic E-state index is 11.4. The SMILES string of the molecule is COc1ccc(-c2cc[nH]c2)c(Sc2nc3c(N)ncnc3n2CCCNS(C)(=O)=O)c1. The molecule has 3 heterocycles. The maximum atomic E-state index is 11.4. The molecule has 0 atom stereocenters. The predicted octanol–water partition coefficient (Wildman–Crippen LogP) is 2.50. The molecule has 1 aromatic carbocycles. The van der Waals surface area contributed by atoms with Gasteiger partial charge in [0, 0.05) is 35.9 Å². The van der Waals surface area contributed by atoms with Gasteiger partial charge in [0.1, 0.15) is 12.1 Å². The predicted molar refractivity (Wildman–Crippen MR) is 124 cm³/mol. The monoisotopic (exact) mass is 473 g/mol. The number of fused-ring (bicyclic) bond motifs is 1. The summed E-state index contributed by atoms with van der Waals surface area (Å²) in [6, 6.07) is 7.86. The molecule has 0 amide bonds. The van der Waals surface area contributed by atoms with Gasteiger partial charge >= 0.3 is 0 Å². The number of imidazole rings is 1. The normalized spacial score (nSPS) is 11.8. The van der Waals surface area contributed by atoms with Crippen LogP contribution in [0.1, 0.15) is 6.42 Å². The van der Waals surface area contributed by atoms with Crippen LogP contribution in [0, 0.1) is 0 Å².